The minimum absolute atomic E-state index is 0.287. The standard InChI is InChI=1S/C17H26N6/c1-12(2)20-13-8-4-5-9-14(13)23-16(19)21-15(18)22-17(23)10-6-3-7-11-17/h4-5,8-9,12,20H,3,6-7,10-11H2,1-2H3,(H4,18,19,21,22). The maximum Gasteiger partial charge on any atom is 0.220 e. The molecule has 1 saturated carbocycles. The first kappa shape index (κ1) is 15.6. The monoisotopic (exact) mass is 314 g/mol. The quantitative estimate of drug-likeness (QED) is 0.799. The van der Waals surface area contributed by atoms with Crippen molar-refractivity contribution in [3.8, 4) is 0 Å². The molecule has 1 aliphatic carbocycles. The first-order valence-corrected chi connectivity index (χ1v) is 8.37. The Morgan fingerprint density at radius 3 is 2.52 bits per heavy atom. The van der Waals surface area contributed by atoms with E-state index in [9.17, 15) is 0 Å². The van der Waals surface area contributed by atoms with E-state index in [1.807, 2.05) is 12.1 Å². The van der Waals surface area contributed by atoms with Crippen LogP contribution in [0.25, 0.3) is 0 Å². The Morgan fingerprint density at radius 1 is 1.13 bits per heavy atom. The van der Waals surface area contributed by atoms with Crippen LogP contribution in [0.3, 0.4) is 0 Å². The van der Waals surface area contributed by atoms with Crippen LogP contribution in [-0.2, 0) is 0 Å². The number of guanidine groups is 2. The zero-order valence-corrected chi connectivity index (χ0v) is 13.9. The fourth-order valence-electron chi connectivity index (χ4n) is 3.57. The third-order valence-electron chi connectivity index (χ3n) is 4.44. The van der Waals surface area contributed by atoms with E-state index >= 15 is 0 Å². The summed E-state index contributed by atoms with van der Waals surface area (Å²) in [5.41, 5.74) is 13.9. The van der Waals surface area contributed by atoms with Crippen molar-refractivity contribution in [3.63, 3.8) is 0 Å². The summed E-state index contributed by atoms with van der Waals surface area (Å²) in [5, 5.41) is 3.49. The van der Waals surface area contributed by atoms with Gasteiger partial charge >= 0.3 is 0 Å². The lowest BCUT2D eigenvalue weighted by molar-refractivity contribution is 0.305. The van der Waals surface area contributed by atoms with Gasteiger partial charge in [0.2, 0.25) is 11.9 Å². The highest BCUT2D eigenvalue weighted by Gasteiger charge is 2.43. The maximum absolute atomic E-state index is 6.29. The van der Waals surface area contributed by atoms with Crippen molar-refractivity contribution in [3.05, 3.63) is 24.3 Å². The Morgan fingerprint density at radius 2 is 1.83 bits per heavy atom. The Hall–Kier alpha value is -2.24. The molecule has 1 fully saturated rings. The highest BCUT2D eigenvalue weighted by atomic mass is 15.4. The van der Waals surface area contributed by atoms with Crippen LogP contribution in [0.4, 0.5) is 11.4 Å². The van der Waals surface area contributed by atoms with Gasteiger partial charge in [0.1, 0.15) is 5.66 Å². The number of nitrogens with one attached hydrogen (secondary N) is 1. The molecule has 23 heavy (non-hydrogen) atoms. The van der Waals surface area contributed by atoms with E-state index < -0.39 is 5.66 Å². The lowest BCUT2D eigenvalue weighted by Gasteiger charge is -2.46. The number of nitrogens with two attached hydrogens (primary N) is 2. The molecule has 0 radical (unpaired) electrons. The summed E-state index contributed by atoms with van der Waals surface area (Å²) in [4.78, 5) is 11.0. The van der Waals surface area contributed by atoms with Crippen molar-refractivity contribution in [1.82, 2.24) is 0 Å². The molecular weight excluding hydrogens is 288 g/mol. The summed E-state index contributed by atoms with van der Waals surface area (Å²) in [6.07, 6.45) is 5.37. The van der Waals surface area contributed by atoms with Gasteiger partial charge in [0, 0.05) is 6.04 Å². The summed E-state index contributed by atoms with van der Waals surface area (Å²) >= 11 is 0. The van der Waals surface area contributed by atoms with Gasteiger partial charge < -0.3 is 16.8 Å². The van der Waals surface area contributed by atoms with Crippen LogP contribution >= 0.6 is 0 Å². The van der Waals surface area contributed by atoms with E-state index in [1.165, 1.54) is 6.42 Å². The molecule has 0 amide bonds. The van der Waals surface area contributed by atoms with Gasteiger partial charge in [-0.15, -0.1) is 0 Å². The average Bonchev–Trinajstić information content (AvgIpc) is 2.48. The molecule has 0 bridgehead atoms. The normalized spacial score (nSPS) is 20.4. The van der Waals surface area contributed by atoms with Crippen LogP contribution in [0.1, 0.15) is 46.0 Å². The van der Waals surface area contributed by atoms with Crippen LogP contribution in [-0.4, -0.2) is 23.6 Å². The zero-order chi connectivity index (χ0) is 16.4. The van der Waals surface area contributed by atoms with Crippen LogP contribution < -0.4 is 21.7 Å². The molecule has 1 aromatic carbocycles. The molecule has 0 atom stereocenters. The molecular formula is C17H26N6. The van der Waals surface area contributed by atoms with Gasteiger partial charge in [0.05, 0.1) is 11.4 Å². The first-order valence-electron chi connectivity index (χ1n) is 8.37. The molecule has 0 unspecified atom stereocenters. The summed E-state index contributed by atoms with van der Waals surface area (Å²) in [7, 11) is 0. The molecule has 1 heterocycles. The number of rotatable bonds is 3. The van der Waals surface area contributed by atoms with Crippen LogP contribution in [0.15, 0.2) is 34.3 Å². The van der Waals surface area contributed by atoms with E-state index in [1.54, 1.807) is 0 Å². The second-order valence-corrected chi connectivity index (χ2v) is 6.63. The number of para-hydroxylation sites is 2. The molecule has 1 aliphatic heterocycles. The maximum atomic E-state index is 6.29. The zero-order valence-electron chi connectivity index (χ0n) is 13.9. The van der Waals surface area contributed by atoms with Crippen LogP contribution in [0.2, 0.25) is 0 Å². The van der Waals surface area contributed by atoms with Crippen LogP contribution in [0.5, 0.6) is 0 Å². The van der Waals surface area contributed by atoms with Gasteiger partial charge in [-0.05, 0) is 51.7 Å². The molecule has 124 valence electrons. The molecule has 0 aromatic heterocycles. The molecule has 3 rings (SSSR count). The van der Waals surface area contributed by atoms with Gasteiger partial charge in [-0.3, -0.25) is 4.90 Å². The molecule has 0 saturated heterocycles. The van der Waals surface area contributed by atoms with Gasteiger partial charge in [-0.2, -0.15) is 4.99 Å². The number of aliphatic imine (C=N–C) groups is 2. The number of benzene rings is 1. The summed E-state index contributed by atoms with van der Waals surface area (Å²) in [6.45, 7) is 4.24. The third-order valence-corrected chi connectivity index (χ3v) is 4.44. The van der Waals surface area contributed by atoms with Crippen LogP contribution in [0, 0.1) is 0 Å². The Bertz CT molecular complexity index is 628. The largest absolute Gasteiger partial charge is 0.381 e. The second kappa shape index (κ2) is 6.10. The summed E-state index contributed by atoms with van der Waals surface area (Å²) < 4.78 is 0. The summed E-state index contributed by atoms with van der Waals surface area (Å²) in [5.74, 6) is 0.715. The predicted octanol–water partition coefficient (Wildman–Crippen LogP) is 2.62. The molecule has 6 nitrogen and oxygen atoms in total. The first-order chi connectivity index (χ1) is 11.0. The number of anilines is 2. The van der Waals surface area contributed by atoms with E-state index in [2.05, 4.69) is 41.2 Å². The highest BCUT2D eigenvalue weighted by molar-refractivity contribution is 6.07. The highest BCUT2D eigenvalue weighted by Crippen LogP contribution is 2.41. The molecule has 1 aromatic rings. The SMILES string of the molecule is CC(C)Nc1ccccc1N1C(N)=NC(N)=NC12CCCCC2. The number of hydrogen-bond donors (Lipinski definition) is 3. The van der Waals surface area contributed by atoms with E-state index in [0.29, 0.717) is 12.0 Å². The fourth-order valence-corrected chi connectivity index (χ4v) is 3.57. The Balaban J connectivity index is 2.07. The van der Waals surface area contributed by atoms with Crippen molar-refractivity contribution in [1.29, 1.82) is 0 Å². The van der Waals surface area contributed by atoms with Gasteiger partial charge in [0.25, 0.3) is 0 Å². The third kappa shape index (κ3) is 2.98. The van der Waals surface area contributed by atoms with E-state index in [4.69, 9.17) is 16.5 Å². The fraction of sp³-hybridized carbons (Fsp3) is 0.529. The van der Waals surface area contributed by atoms with Crippen molar-refractivity contribution >= 4 is 23.3 Å². The van der Waals surface area contributed by atoms with E-state index in [0.717, 1.165) is 37.1 Å². The lowest BCUT2D eigenvalue weighted by atomic mass is 9.87. The summed E-state index contributed by atoms with van der Waals surface area (Å²) in [6, 6.07) is 8.51. The van der Waals surface area contributed by atoms with Crippen molar-refractivity contribution in [2.75, 3.05) is 10.2 Å². The van der Waals surface area contributed by atoms with E-state index in [-0.39, 0.29) is 5.96 Å². The molecule has 6 heteroatoms. The number of hydrogen-bond acceptors (Lipinski definition) is 6. The second-order valence-electron chi connectivity index (χ2n) is 6.63. The Labute approximate surface area is 137 Å². The minimum atomic E-state index is -0.400. The molecule has 5 N–H and O–H groups in total. The number of nitrogens with zero attached hydrogens (tertiary/aromatic N) is 3. The van der Waals surface area contributed by atoms with Gasteiger partial charge in [0.15, 0.2) is 0 Å². The lowest BCUT2D eigenvalue weighted by Crippen LogP contribution is -2.58. The van der Waals surface area contributed by atoms with Crippen molar-refractivity contribution in [2.24, 2.45) is 21.5 Å². The molecule has 2 aliphatic rings. The topological polar surface area (TPSA) is 92.0 Å². The predicted molar refractivity (Wildman–Crippen MR) is 96.7 cm³/mol. The van der Waals surface area contributed by atoms with Gasteiger partial charge in [-0.25, -0.2) is 4.99 Å². The van der Waals surface area contributed by atoms with Gasteiger partial charge in [-0.1, -0.05) is 18.6 Å². The molecule has 1 spiro atoms. The smallest absolute Gasteiger partial charge is 0.220 e. The Kier molecular flexibility index (Phi) is 4.15. The van der Waals surface area contributed by atoms with Crippen molar-refractivity contribution in [2.45, 2.75) is 57.7 Å². The average molecular weight is 314 g/mol. The minimum Gasteiger partial charge on any atom is -0.381 e. The van der Waals surface area contributed by atoms with Crippen molar-refractivity contribution < 1.29 is 0 Å².